The molecule has 0 bridgehead atoms. The molecule has 176 valence electrons. The molecule has 1 unspecified atom stereocenters. The number of carbonyl (C=O) groups is 3. The summed E-state index contributed by atoms with van der Waals surface area (Å²) in [6.45, 7) is 2.01. The molecular weight excluding hydrogens is 448 g/mol. The van der Waals surface area contributed by atoms with E-state index in [0.29, 0.717) is 11.3 Å². The number of fused-ring (bicyclic) bond motifs is 1. The number of imide groups is 1. The minimum atomic E-state index is -3.32. The van der Waals surface area contributed by atoms with Gasteiger partial charge in [-0.2, -0.15) is 4.31 Å². The van der Waals surface area contributed by atoms with Crippen LogP contribution in [0.5, 0.6) is 5.75 Å². The predicted octanol–water partition coefficient (Wildman–Crippen LogP) is 0.719. The fourth-order valence-corrected chi connectivity index (χ4v) is 5.03. The number of ether oxygens (including phenoxy) is 1. The Kier molecular flexibility index (Phi) is 5.79. The van der Waals surface area contributed by atoms with Crippen molar-refractivity contribution in [3.05, 3.63) is 42.0 Å². The fourth-order valence-electron chi connectivity index (χ4n) is 4.20. The minimum Gasteiger partial charge on any atom is -0.497 e. The number of urea groups is 1. The average Bonchev–Trinajstić information content (AvgIpc) is 3.01. The van der Waals surface area contributed by atoms with Gasteiger partial charge in [-0.3, -0.25) is 14.5 Å². The summed E-state index contributed by atoms with van der Waals surface area (Å²) in [5.41, 5.74) is -0.698. The number of sulfonamides is 1. The summed E-state index contributed by atoms with van der Waals surface area (Å²) in [5.74, 6) is -0.196. The molecule has 2 fully saturated rings. The molecule has 0 aromatic heterocycles. The van der Waals surface area contributed by atoms with E-state index in [-0.39, 0.29) is 26.2 Å². The summed E-state index contributed by atoms with van der Waals surface area (Å²) < 4.78 is 29.9. The molecule has 0 spiro atoms. The van der Waals surface area contributed by atoms with Gasteiger partial charge in [0.2, 0.25) is 15.9 Å². The molecule has 11 heteroatoms. The van der Waals surface area contributed by atoms with Crippen LogP contribution in [0.3, 0.4) is 0 Å². The maximum Gasteiger partial charge on any atom is 0.325 e. The first-order valence-electron chi connectivity index (χ1n) is 10.5. The quantitative estimate of drug-likeness (QED) is 0.639. The van der Waals surface area contributed by atoms with E-state index in [9.17, 15) is 22.8 Å². The Bertz CT molecular complexity index is 1240. The zero-order valence-electron chi connectivity index (χ0n) is 18.7. The van der Waals surface area contributed by atoms with E-state index in [4.69, 9.17) is 4.74 Å². The number of nitrogens with one attached hydrogen (secondary N) is 1. The third-order valence-electron chi connectivity index (χ3n) is 6.25. The van der Waals surface area contributed by atoms with Gasteiger partial charge in [-0.15, -0.1) is 0 Å². The number of benzene rings is 2. The van der Waals surface area contributed by atoms with Crippen molar-refractivity contribution in [2.24, 2.45) is 0 Å². The highest BCUT2D eigenvalue weighted by atomic mass is 32.2. The first-order valence-corrected chi connectivity index (χ1v) is 12.3. The first kappa shape index (κ1) is 23.0. The lowest BCUT2D eigenvalue weighted by Gasteiger charge is -2.33. The second-order valence-electron chi connectivity index (χ2n) is 8.42. The van der Waals surface area contributed by atoms with Crippen LogP contribution in [0.2, 0.25) is 0 Å². The van der Waals surface area contributed by atoms with Crippen LogP contribution in [0.25, 0.3) is 10.8 Å². The zero-order valence-corrected chi connectivity index (χ0v) is 19.5. The van der Waals surface area contributed by atoms with Gasteiger partial charge in [0.15, 0.2) is 0 Å². The van der Waals surface area contributed by atoms with Crippen molar-refractivity contribution in [2.45, 2.75) is 12.5 Å². The van der Waals surface area contributed by atoms with Crippen molar-refractivity contribution in [1.29, 1.82) is 0 Å². The van der Waals surface area contributed by atoms with Crippen molar-refractivity contribution in [3.8, 4) is 5.75 Å². The van der Waals surface area contributed by atoms with Crippen LogP contribution < -0.4 is 10.1 Å². The Labute approximate surface area is 192 Å². The van der Waals surface area contributed by atoms with Gasteiger partial charge in [0.25, 0.3) is 5.91 Å². The molecule has 4 amide bonds. The molecule has 2 aromatic carbocycles. The van der Waals surface area contributed by atoms with Gasteiger partial charge in [0, 0.05) is 26.2 Å². The first-order chi connectivity index (χ1) is 15.5. The van der Waals surface area contributed by atoms with E-state index >= 15 is 0 Å². The number of piperazine rings is 1. The Morgan fingerprint density at radius 1 is 1.06 bits per heavy atom. The van der Waals surface area contributed by atoms with Gasteiger partial charge in [0.05, 0.1) is 13.4 Å². The molecule has 2 aromatic rings. The highest BCUT2D eigenvalue weighted by molar-refractivity contribution is 7.88. The van der Waals surface area contributed by atoms with Gasteiger partial charge < -0.3 is 15.0 Å². The molecule has 2 saturated heterocycles. The van der Waals surface area contributed by atoms with Gasteiger partial charge in [-0.1, -0.05) is 18.2 Å². The van der Waals surface area contributed by atoms with E-state index in [2.05, 4.69) is 5.32 Å². The smallest absolute Gasteiger partial charge is 0.325 e. The SMILES string of the molecule is COc1ccc2cc(C3(C)NC(=O)N(CC(=O)N4CCN(S(C)(=O)=O)CC4)C3=O)ccc2c1. The van der Waals surface area contributed by atoms with E-state index in [1.54, 1.807) is 20.1 Å². The highest BCUT2D eigenvalue weighted by Gasteiger charge is 2.49. The van der Waals surface area contributed by atoms with Crippen molar-refractivity contribution >= 4 is 38.6 Å². The van der Waals surface area contributed by atoms with Gasteiger partial charge in [0.1, 0.15) is 17.8 Å². The monoisotopic (exact) mass is 474 g/mol. The third kappa shape index (κ3) is 4.25. The molecule has 1 atom stereocenters. The van der Waals surface area contributed by atoms with Crippen LogP contribution in [0.1, 0.15) is 12.5 Å². The van der Waals surface area contributed by atoms with E-state index in [1.807, 2.05) is 30.3 Å². The van der Waals surface area contributed by atoms with Gasteiger partial charge in [-0.25, -0.2) is 13.2 Å². The molecule has 2 aliphatic rings. The fraction of sp³-hybridized carbons (Fsp3) is 0.409. The molecule has 10 nitrogen and oxygen atoms in total. The van der Waals surface area contributed by atoms with Gasteiger partial charge in [-0.05, 0) is 41.5 Å². The lowest BCUT2D eigenvalue weighted by molar-refractivity contribution is -0.139. The summed E-state index contributed by atoms with van der Waals surface area (Å²) >= 11 is 0. The summed E-state index contributed by atoms with van der Waals surface area (Å²) in [4.78, 5) is 41.0. The molecule has 4 rings (SSSR count). The summed E-state index contributed by atoms with van der Waals surface area (Å²) in [6.07, 6.45) is 1.13. The van der Waals surface area contributed by atoms with Crippen LogP contribution in [0, 0.1) is 0 Å². The second-order valence-corrected chi connectivity index (χ2v) is 10.4. The highest BCUT2D eigenvalue weighted by Crippen LogP contribution is 2.32. The summed E-state index contributed by atoms with van der Waals surface area (Å²) in [7, 11) is -1.73. The Morgan fingerprint density at radius 3 is 2.33 bits per heavy atom. The summed E-state index contributed by atoms with van der Waals surface area (Å²) in [5, 5.41) is 4.54. The van der Waals surface area contributed by atoms with Crippen LogP contribution in [0.15, 0.2) is 36.4 Å². The Balaban J connectivity index is 1.49. The Morgan fingerprint density at radius 2 is 1.70 bits per heavy atom. The maximum atomic E-state index is 13.2. The molecule has 0 aliphatic carbocycles. The van der Waals surface area contributed by atoms with Crippen LogP contribution in [-0.2, 0) is 25.2 Å². The number of carbonyl (C=O) groups excluding carboxylic acids is 3. The normalized spacial score (nSPS) is 22.0. The predicted molar refractivity (Wildman–Crippen MR) is 121 cm³/mol. The Hall–Kier alpha value is -3.18. The van der Waals surface area contributed by atoms with Crippen molar-refractivity contribution in [1.82, 2.24) is 19.4 Å². The molecule has 0 radical (unpaired) electrons. The van der Waals surface area contributed by atoms with Gasteiger partial charge >= 0.3 is 6.03 Å². The number of hydrogen-bond acceptors (Lipinski definition) is 6. The molecule has 1 N–H and O–H groups in total. The standard InChI is InChI=1S/C22H26N4O6S/c1-22(17-6-4-16-13-18(32-2)7-5-15(16)12-17)20(28)26(21(29)23-22)14-19(27)24-8-10-25(11-9-24)33(3,30)31/h4-7,12-13H,8-11,14H2,1-3H3,(H,23,29). The van der Waals surface area contributed by atoms with E-state index in [0.717, 1.165) is 21.9 Å². The van der Waals surface area contributed by atoms with Crippen molar-refractivity contribution in [2.75, 3.05) is 46.1 Å². The van der Waals surface area contributed by atoms with Crippen LogP contribution in [-0.4, -0.2) is 86.5 Å². The molecule has 2 aliphatic heterocycles. The molecule has 0 saturated carbocycles. The van der Waals surface area contributed by atoms with E-state index < -0.39 is 40.0 Å². The zero-order chi connectivity index (χ0) is 24.0. The summed E-state index contributed by atoms with van der Waals surface area (Å²) in [6, 6.07) is 10.4. The average molecular weight is 475 g/mol. The number of nitrogens with zero attached hydrogens (tertiary/aromatic N) is 3. The van der Waals surface area contributed by atoms with Crippen molar-refractivity contribution < 1.29 is 27.5 Å². The van der Waals surface area contributed by atoms with Crippen molar-refractivity contribution in [3.63, 3.8) is 0 Å². The van der Waals surface area contributed by atoms with Crippen LogP contribution in [0.4, 0.5) is 4.79 Å². The number of hydrogen-bond donors (Lipinski definition) is 1. The minimum absolute atomic E-state index is 0.185. The van der Waals surface area contributed by atoms with Crippen LogP contribution >= 0.6 is 0 Å². The number of rotatable bonds is 5. The topological polar surface area (TPSA) is 116 Å². The number of methoxy groups -OCH3 is 1. The second kappa shape index (κ2) is 8.31. The number of amides is 4. The van der Waals surface area contributed by atoms with E-state index in [1.165, 1.54) is 9.21 Å². The third-order valence-corrected chi connectivity index (χ3v) is 7.56. The molecule has 33 heavy (non-hydrogen) atoms. The lowest BCUT2D eigenvalue weighted by Crippen LogP contribution is -2.53. The molecular formula is C22H26N4O6S. The maximum absolute atomic E-state index is 13.2. The lowest BCUT2D eigenvalue weighted by atomic mass is 9.90. The largest absolute Gasteiger partial charge is 0.497 e. The molecule has 2 heterocycles.